The number of H-pyrrole nitrogens is 1. The summed E-state index contributed by atoms with van der Waals surface area (Å²) in [5, 5.41) is 10.3. The van der Waals surface area contributed by atoms with E-state index in [4.69, 9.17) is 16.3 Å². The summed E-state index contributed by atoms with van der Waals surface area (Å²) < 4.78 is 7.60. The molecule has 4 aromatic rings. The van der Waals surface area contributed by atoms with Crippen LogP contribution in [0.5, 0.6) is 5.75 Å². The summed E-state index contributed by atoms with van der Waals surface area (Å²) in [5.74, 6) is 0.857. The summed E-state index contributed by atoms with van der Waals surface area (Å²) >= 11 is 6.36. The molecule has 0 saturated carbocycles. The number of ether oxygens (including phenoxy) is 1. The minimum atomic E-state index is 0.120. The molecule has 2 aromatic carbocycles. The fourth-order valence-electron chi connectivity index (χ4n) is 4.56. The van der Waals surface area contributed by atoms with E-state index in [0.29, 0.717) is 6.54 Å². The van der Waals surface area contributed by atoms with E-state index >= 15 is 0 Å². The van der Waals surface area contributed by atoms with Gasteiger partial charge in [0.15, 0.2) is 0 Å². The Morgan fingerprint density at radius 3 is 2.80 bits per heavy atom. The van der Waals surface area contributed by atoms with Crippen LogP contribution < -0.4 is 10.1 Å². The quantitative estimate of drug-likeness (QED) is 0.492. The molecule has 0 bridgehead atoms. The Kier molecular flexibility index (Phi) is 4.80. The number of benzene rings is 2. The van der Waals surface area contributed by atoms with Crippen LogP contribution in [0.15, 0.2) is 42.5 Å². The summed E-state index contributed by atoms with van der Waals surface area (Å²) in [6.07, 6.45) is 1.03. The van der Waals surface area contributed by atoms with Crippen LogP contribution in [0.25, 0.3) is 10.9 Å². The van der Waals surface area contributed by atoms with Gasteiger partial charge in [0, 0.05) is 28.7 Å². The van der Waals surface area contributed by atoms with Gasteiger partial charge in [0.2, 0.25) is 0 Å². The van der Waals surface area contributed by atoms with Crippen molar-refractivity contribution in [1.29, 1.82) is 0 Å². The fourth-order valence-corrected chi connectivity index (χ4v) is 4.69. The second kappa shape index (κ2) is 7.49. The van der Waals surface area contributed by atoms with Crippen molar-refractivity contribution >= 4 is 22.5 Å². The second-order valence-electron chi connectivity index (χ2n) is 7.91. The molecule has 0 radical (unpaired) electrons. The molecule has 2 aromatic heterocycles. The lowest BCUT2D eigenvalue weighted by atomic mass is 9.93. The number of aryl methyl sites for hydroxylation is 1. The Morgan fingerprint density at radius 1 is 1.20 bits per heavy atom. The van der Waals surface area contributed by atoms with Crippen LogP contribution in [0.1, 0.15) is 39.8 Å². The molecule has 0 unspecified atom stereocenters. The molecule has 0 aliphatic carbocycles. The van der Waals surface area contributed by atoms with Gasteiger partial charge in [-0.05, 0) is 49.6 Å². The number of nitrogens with zero attached hydrogens (tertiary/aromatic N) is 2. The molecule has 154 valence electrons. The molecular weight excluding hydrogens is 396 g/mol. The van der Waals surface area contributed by atoms with Gasteiger partial charge in [-0.3, -0.25) is 4.68 Å². The van der Waals surface area contributed by atoms with Gasteiger partial charge >= 0.3 is 0 Å². The number of halogens is 1. The molecule has 0 amide bonds. The summed E-state index contributed by atoms with van der Waals surface area (Å²) in [4.78, 5) is 3.65. The molecular formula is C24H25ClN4O. The van der Waals surface area contributed by atoms with Crippen LogP contribution in [-0.4, -0.2) is 28.4 Å². The second-order valence-corrected chi connectivity index (χ2v) is 8.29. The maximum atomic E-state index is 6.36. The number of aromatic amines is 1. The first kappa shape index (κ1) is 19.2. The van der Waals surface area contributed by atoms with E-state index in [2.05, 4.69) is 57.9 Å². The molecule has 0 spiro atoms. The molecule has 5 rings (SSSR count). The molecule has 1 aliphatic heterocycles. The van der Waals surface area contributed by atoms with Gasteiger partial charge in [0.05, 0.1) is 36.1 Å². The van der Waals surface area contributed by atoms with Crippen molar-refractivity contribution < 1.29 is 4.74 Å². The Morgan fingerprint density at radius 2 is 2.03 bits per heavy atom. The van der Waals surface area contributed by atoms with Gasteiger partial charge in [-0.1, -0.05) is 35.9 Å². The Bertz CT molecular complexity index is 1240. The highest BCUT2D eigenvalue weighted by molar-refractivity contribution is 6.31. The average Bonchev–Trinajstić information content (AvgIpc) is 3.26. The van der Waals surface area contributed by atoms with Crippen molar-refractivity contribution in [2.24, 2.45) is 0 Å². The van der Waals surface area contributed by atoms with Gasteiger partial charge in [-0.2, -0.15) is 5.10 Å². The summed E-state index contributed by atoms with van der Waals surface area (Å²) in [6.45, 7) is 5.50. The molecule has 30 heavy (non-hydrogen) atoms. The van der Waals surface area contributed by atoms with Crippen LogP contribution >= 0.6 is 11.6 Å². The standard InChI is InChI=1S/C24H25ClN4O/c1-14-22(25)15(2)29(28-14)13-17-12-16(8-9-21(17)30-3)23-24-19(10-11-26-23)18-6-4-5-7-20(18)27-24/h4-9,12,23,26-27H,10-11,13H2,1-3H3/t23-/m1/s1. The largest absolute Gasteiger partial charge is 0.496 e. The third-order valence-electron chi connectivity index (χ3n) is 6.11. The monoisotopic (exact) mass is 420 g/mol. The summed E-state index contributed by atoms with van der Waals surface area (Å²) in [6, 6.07) is 15.1. The molecule has 1 atom stereocenters. The van der Waals surface area contributed by atoms with E-state index in [-0.39, 0.29) is 6.04 Å². The topological polar surface area (TPSA) is 54.9 Å². The zero-order valence-corrected chi connectivity index (χ0v) is 18.2. The summed E-state index contributed by atoms with van der Waals surface area (Å²) in [5.41, 5.74) is 7.98. The van der Waals surface area contributed by atoms with E-state index < -0.39 is 0 Å². The van der Waals surface area contributed by atoms with Crippen molar-refractivity contribution in [3.05, 3.63) is 81.3 Å². The number of rotatable bonds is 4. The van der Waals surface area contributed by atoms with E-state index in [0.717, 1.165) is 40.7 Å². The lowest BCUT2D eigenvalue weighted by Gasteiger charge is -2.25. The van der Waals surface area contributed by atoms with E-state index in [1.807, 2.05) is 18.5 Å². The first-order valence-electron chi connectivity index (χ1n) is 10.3. The van der Waals surface area contributed by atoms with Gasteiger partial charge < -0.3 is 15.0 Å². The fraction of sp³-hybridized carbons (Fsp3) is 0.292. The number of hydrogen-bond donors (Lipinski definition) is 2. The van der Waals surface area contributed by atoms with Crippen LogP contribution in [0.3, 0.4) is 0 Å². The SMILES string of the molecule is COc1ccc([C@H]2NCCc3c2[nH]c2ccccc32)cc1Cn1nc(C)c(Cl)c1C. The predicted octanol–water partition coefficient (Wildman–Crippen LogP) is 4.93. The van der Waals surface area contributed by atoms with E-state index in [1.54, 1.807) is 7.11 Å². The zero-order valence-electron chi connectivity index (χ0n) is 17.4. The zero-order chi connectivity index (χ0) is 20.8. The maximum Gasteiger partial charge on any atom is 0.123 e. The third-order valence-corrected chi connectivity index (χ3v) is 6.66. The lowest BCUT2D eigenvalue weighted by Crippen LogP contribution is -2.30. The Balaban J connectivity index is 1.56. The number of para-hydroxylation sites is 1. The maximum absolute atomic E-state index is 6.36. The number of fused-ring (bicyclic) bond motifs is 3. The molecule has 0 fully saturated rings. The van der Waals surface area contributed by atoms with Crippen LogP contribution in [-0.2, 0) is 13.0 Å². The van der Waals surface area contributed by atoms with Crippen molar-refractivity contribution in [3.63, 3.8) is 0 Å². The van der Waals surface area contributed by atoms with Crippen molar-refractivity contribution in [2.75, 3.05) is 13.7 Å². The average molecular weight is 421 g/mol. The molecule has 2 N–H and O–H groups in total. The van der Waals surface area contributed by atoms with Gasteiger partial charge in [-0.25, -0.2) is 0 Å². The first-order chi connectivity index (χ1) is 14.6. The van der Waals surface area contributed by atoms with E-state index in [9.17, 15) is 0 Å². The molecule has 3 heterocycles. The van der Waals surface area contributed by atoms with E-state index in [1.165, 1.54) is 27.7 Å². The van der Waals surface area contributed by atoms with Crippen LogP contribution in [0.2, 0.25) is 5.02 Å². The normalized spacial score (nSPS) is 16.1. The number of hydrogen-bond acceptors (Lipinski definition) is 3. The molecule has 5 nitrogen and oxygen atoms in total. The minimum Gasteiger partial charge on any atom is -0.496 e. The highest BCUT2D eigenvalue weighted by Crippen LogP contribution is 2.35. The van der Waals surface area contributed by atoms with Gasteiger partial charge in [-0.15, -0.1) is 0 Å². The smallest absolute Gasteiger partial charge is 0.123 e. The van der Waals surface area contributed by atoms with Crippen molar-refractivity contribution in [3.8, 4) is 5.75 Å². The Hall–Kier alpha value is -2.76. The number of aromatic nitrogens is 3. The minimum absolute atomic E-state index is 0.120. The van der Waals surface area contributed by atoms with Gasteiger partial charge in [0.25, 0.3) is 0 Å². The predicted molar refractivity (Wildman–Crippen MR) is 121 cm³/mol. The van der Waals surface area contributed by atoms with Crippen LogP contribution in [0, 0.1) is 13.8 Å². The highest BCUT2D eigenvalue weighted by Gasteiger charge is 2.26. The molecule has 0 saturated heterocycles. The highest BCUT2D eigenvalue weighted by atomic mass is 35.5. The first-order valence-corrected chi connectivity index (χ1v) is 10.6. The molecule has 1 aliphatic rings. The van der Waals surface area contributed by atoms with Crippen molar-refractivity contribution in [2.45, 2.75) is 32.9 Å². The molecule has 6 heteroatoms. The lowest BCUT2D eigenvalue weighted by molar-refractivity contribution is 0.406. The van der Waals surface area contributed by atoms with Gasteiger partial charge in [0.1, 0.15) is 5.75 Å². The Labute approximate surface area is 181 Å². The third kappa shape index (κ3) is 3.09. The number of methoxy groups -OCH3 is 1. The van der Waals surface area contributed by atoms with Crippen molar-refractivity contribution in [1.82, 2.24) is 20.1 Å². The summed E-state index contributed by atoms with van der Waals surface area (Å²) in [7, 11) is 1.71. The number of nitrogens with one attached hydrogen (secondary N) is 2. The van der Waals surface area contributed by atoms with Crippen LogP contribution in [0.4, 0.5) is 0 Å².